The van der Waals surface area contributed by atoms with Gasteiger partial charge in [-0.05, 0) is 19.4 Å². The first-order chi connectivity index (χ1) is 9.96. The van der Waals surface area contributed by atoms with Crippen LogP contribution in [0.4, 0.5) is 0 Å². The Kier molecular flexibility index (Phi) is 3.45. The van der Waals surface area contributed by atoms with Crippen LogP contribution in [-0.4, -0.2) is 42.1 Å². The van der Waals surface area contributed by atoms with Gasteiger partial charge in [0.1, 0.15) is 18.3 Å². The average molecular weight is 281 g/mol. The summed E-state index contributed by atoms with van der Waals surface area (Å²) in [6.45, 7) is 2.57. The molecule has 5 nitrogen and oxygen atoms in total. The zero-order valence-electron chi connectivity index (χ0n) is 12.6. The van der Waals surface area contributed by atoms with Gasteiger partial charge in [0.2, 0.25) is 0 Å². The van der Waals surface area contributed by atoms with E-state index in [0.717, 1.165) is 5.56 Å². The fourth-order valence-electron chi connectivity index (χ4n) is 2.58. The molecular weight excluding hydrogens is 260 g/mol. The maximum Gasteiger partial charge on any atom is 0.190 e. The van der Waals surface area contributed by atoms with Crippen molar-refractivity contribution >= 4 is 0 Å². The topological polar surface area (TPSA) is 57.2 Å². The van der Waals surface area contributed by atoms with E-state index in [1.165, 1.54) is 0 Å². The zero-order chi connectivity index (χ0) is 15.0. The van der Waals surface area contributed by atoms with Crippen molar-refractivity contribution in [1.29, 1.82) is 0 Å². The highest BCUT2D eigenvalue weighted by Crippen LogP contribution is 2.38. The first-order valence-electron chi connectivity index (χ1n) is 7.31. The summed E-state index contributed by atoms with van der Waals surface area (Å²) in [7, 11) is 0. The van der Waals surface area contributed by atoms with Crippen LogP contribution in [0.25, 0.3) is 0 Å². The maximum absolute atomic E-state index is 9.56. The molecular formula is C15H20O5. The van der Waals surface area contributed by atoms with E-state index in [-0.39, 0.29) is 0 Å². The molecule has 2 fully saturated rings. The Morgan fingerprint density at radius 3 is 2.75 bits per heavy atom. The first-order valence-corrected chi connectivity index (χ1v) is 6.73. The minimum Gasteiger partial charge on any atom is -0.394 e. The van der Waals surface area contributed by atoms with Crippen LogP contribution in [0.3, 0.4) is 0 Å². The molecule has 0 radical (unpaired) electrons. The number of rotatable bonds is 4. The molecule has 2 aliphatic rings. The van der Waals surface area contributed by atoms with Crippen LogP contribution in [0.5, 0.6) is 0 Å². The Morgan fingerprint density at radius 1 is 1.30 bits per heavy atom. The third-order valence-corrected chi connectivity index (χ3v) is 3.46. The molecule has 0 unspecified atom stereocenters. The highest BCUT2D eigenvalue weighted by Gasteiger charge is 2.55. The summed E-state index contributed by atoms with van der Waals surface area (Å²) in [5, 5.41) is 9.56. The molecule has 2 heterocycles. The number of aliphatic hydroxyl groups is 1. The Balaban J connectivity index is 1.70. The van der Waals surface area contributed by atoms with E-state index in [4.69, 9.17) is 20.3 Å². The summed E-state index contributed by atoms with van der Waals surface area (Å²) < 4.78 is 30.3. The Morgan fingerprint density at radius 2 is 2.05 bits per heavy atom. The van der Waals surface area contributed by atoms with Crippen molar-refractivity contribution in [2.24, 2.45) is 0 Å². The molecule has 1 aromatic rings. The van der Waals surface area contributed by atoms with E-state index in [0.29, 0.717) is 6.61 Å². The molecule has 2 aliphatic heterocycles. The summed E-state index contributed by atoms with van der Waals surface area (Å²) in [6.07, 6.45) is -2.36. The van der Waals surface area contributed by atoms with Gasteiger partial charge in [-0.1, -0.05) is 30.3 Å². The van der Waals surface area contributed by atoms with Crippen LogP contribution >= 0.6 is 0 Å². The second-order valence-electron chi connectivity index (χ2n) is 5.48. The average Bonchev–Trinajstić information content (AvgIpc) is 2.90. The number of hydrogen-bond donors (Lipinski definition) is 1. The quantitative estimate of drug-likeness (QED) is 0.905. The lowest BCUT2D eigenvalue weighted by molar-refractivity contribution is -0.222. The molecule has 0 bridgehead atoms. The molecule has 2 saturated heterocycles. The molecule has 1 aromatic carbocycles. The predicted octanol–water partition coefficient (Wildman–Crippen LogP) is 1.44. The second kappa shape index (κ2) is 5.42. The van der Waals surface area contributed by atoms with E-state index in [9.17, 15) is 5.11 Å². The van der Waals surface area contributed by atoms with Crippen LogP contribution in [0.2, 0.25) is 0 Å². The molecule has 0 spiro atoms. The van der Waals surface area contributed by atoms with Crippen molar-refractivity contribution in [2.45, 2.75) is 50.8 Å². The van der Waals surface area contributed by atoms with Crippen molar-refractivity contribution in [3.05, 3.63) is 35.9 Å². The van der Waals surface area contributed by atoms with Crippen LogP contribution in [-0.2, 0) is 25.6 Å². The highest BCUT2D eigenvalue weighted by molar-refractivity contribution is 5.13. The van der Waals surface area contributed by atoms with Crippen LogP contribution in [0.1, 0.15) is 20.8 Å². The van der Waals surface area contributed by atoms with Crippen molar-refractivity contribution in [3.63, 3.8) is 0 Å². The largest absolute Gasteiger partial charge is 0.394 e. The molecule has 0 aliphatic carbocycles. The number of ether oxygens (including phenoxy) is 4. The molecule has 0 saturated carbocycles. The van der Waals surface area contributed by atoms with Crippen molar-refractivity contribution in [1.82, 2.24) is 0 Å². The van der Waals surface area contributed by atoms with Gasteiger partial charge in [-0.25, -0.2) is 0 Å². The minimum absolute atomic E-state index is 0.366. The Labute approximate surface area is 119 Å². The van der Waals surface area contributed by atoms with Gasteiger partial charge < -0.3 is 24.1 Å². The normalized spacial score (nSPS) is 37.5. The molecule has 110 valence electrons. The summed E-state index contributed by atoms with van der Waals surface area (Å²) in [4.78, 5) is 0. The highest BCUT2D eigenvalue weighted by atomic mass is 16.8. The summed E-state index contributed by atoms with van der Waals surface area (Å²) in [5.74, 6) is -0.748. The van der Waals surface area contributed by atoms with Gasteiger partial charge in [-0.15, -0.1) is 0 Å². The van der Waals surface area contributed by atoms with E-state index >= 15 is 0 Å². The fraction of sp³-hybridized carbons (Fsp3) is 0.600. The zero-order valence-corrected chi connectivity index (χ0v) is 11.6. The van der Waals surface area contributed by atoms with Gasteiger partial charge in [-0.2, -0.15) is 0 Å². The second-order valence-corrected chi connectivity index (χ2v) is 5.48. The standard InChI is InChI=1S/C15H20O5/c1-15(2)19-13-12(11(8-16)18-14(13)20-15)17-9-10-6-4-3-5-7-10/h3-7,11-14,16H,8-9H2,1-2H3/t11-,12+,13-,14-/m1/s1/i8D/t8-,11+,12-,13+,14+/m0. The van der Waals surface area contributed by atoms with Crippen molar-refractivity contribution in [3.8, 4) is 0 Å². The molecule has 5 heteroatoms. The molecule has 0 aromatic heterocycles. The summed E-state index contributed by atoms with van der Waals surface area (Å²) in [6, 6.07) is 9.71. The van der Waals surface area contributed by atoms with Crippen molar-refractivity contribution in [2.75, 3.05) is 6.58 Å². The van der Waals surface area contributed by atoms with Gasteiger partial charge in [0.15, 0.2) is 12.1 Å². The fourth-order valence-corrected chi connectivity index (χ4v) is 2.58. The van der Waals surface area contributed by atoms with Crippen LogP contribution < -0.4 is 0 Å². The molecule has 5 atom stereocenters. The SMILES string of the molecule is [2H][C@H](O)[C@H]1O[C@@H]2OC(C)(C)O[C@@H]2[C@H]1OCc1ccccc1. The number of benzene rings is 1. The van der Waals surface area contributed by atoms with Gasteiger partial charge in [0.05, 0.1) is 14.6 Å². The maximum atomic E-state index is 9.56. The number of aliphatic hydroxyl groups excluding tert-OH is 1. The lowest BCUT2D eigenvalue weighted by Gasteiger charge is -2.25. The summed E-state index contributed by atoms with van der Waals surface area (Å²) in [5.41, 5.74) is 1.01. The van der Waals surface area contributed by atoms with Crippen LogP contribution in [0, 0.1) is 0 Å². The van der Waals surface area contributed by atoms with E-state index in [1.54, 1.807) is 13.8 Å². The van der Waals surface area contributed by atoms with Gasteiger partial charge >= 0.3 is 0 Å². The molecule has 0 amide bonds. The Hall–Kier alpha value is -0.980. The Bertz CT molecular complexity index is 478. The molecule has 3 rings (SSSR count). The molecule has 1 N–H and O–H groups in total. The van der Waals surface area contributed by atoms with Crippen molar-refractivity contribution < 1.29 is 25.4 Å². The third kappa shape index (κ3) is 2.73. The summed E-state index contributed by atoms with van der Waals surface area (Å²) >= 11 is 0. The lowest BCUT2D eigenvalue weighted by Crippen LogP contribution is -2.38. The number of fused-ring (bicyclic) bond motifs is 1. The monoisotopic (exact) mass is 281 g/mol. The first kappa shape index (κ1) is 12.7. The van der Waals surface area contributed by atoms with Gasteiger partial charge in [0.25, 0.3) is 0 Å². The lowest BCUT2D eigenvalue weighted by atomic mass is 10.1. The van der Waals surface area contributed by atoms with Gasteiger partial charge in [0, 0.05) is 0 Å². The third-order valence-electron chi connectivity index (χ3n) is 3.46. The predicted molar refractivity (Wildman–Crippen MR) is 70.8 cm³/mol. The van der Waals surface area contributed by atoms with E-state index in [2.05, 4.69) is 0 Å². The van der Waals surface area contributed by atoms with E-state index in [1.807, 2.05) is 30.3 Å². The minimum atomic E-state index is -1.40. The number of hydrogen-bond acceptors (Lipinski definition) is 5. The molecule has 20 heavy (non-hydrogen) atoms. The smallest absolute Gasteiger partial charge is 0.190 e. The van der Waals surface area contributed by atoms with Crippen LogP contribution in [0.15, 0.2) is 30.3 Å². The van der Waals surface area contributed by atoms with E-state index < -0.39 is 37.0 Å². The van der Waals surface area contributed by atoms with Gasteiger partial charge in [-0.3, -0.25) is 0 Å².